The van der Waals surface area contributed by atoms with Gasteiger partial charge < -0.3 is 9.67 Å². The van der Waals surface area contributed by atoms with Crippen molar-refractivity contribution in [3.8, 4) is 0 Å². The number of hydrogen-bond acceptors (Lipinski definition) is 4. The van der Waals surface area contributed by atoms with Gasteiger partial charge in [0, 0.05) is 18.8 Å². The Bertz CT molecular complexity index is 852. The maximum absolute atomic E-state index is 13.5. The molecule has 2 N–H and O–H groups in total. The highest BCUT2D eigenvalue weighted by Gasteiger charge is 2.21. The number of rotatable bonds is 6. The maximum atomic E-state index is 13.5. The lowest BCUT2D eigenvalue weighted by Crippen LogP contribution is -2.36. The van der Waals surface area contributed by atoms with Gasteiger partial charge in [-0.05, 0) is 24.3 Å². The van der Waals surface area contributed by atoms with E-state index in [1.54, 1.807) is 6.07 Å². The van der Waals surface area contributed by atoms with Gasteiger partial charge in [0.2, 0.25) is 10.0 Å². The van der Waals surface area contributed by atoms with Gasteiger partial charge in [0.1, 0.15) is 16.5 Å². The Balaban J connectivity index is 2.06. The van der Waals surface area contributed by atoms with Crippen LogP contribution in [0, 0.1) is 11.6 Å². The van der Waals surface area contributed by atoms with E-state index in [9.17, 15) is 27.1 Å². The molecular weight excluding hydrogens is 330 g/mol. The average Bonchev–Trinajstić information content (AvgIpc) is 2.50. The first kappa shape index (κ1) is 17.3. The van der Waals surface area contributed by atoms with Crippen molar-refractivity contribution in [3.63, 3.8) is 0 Å². The van der Waals surface area contributed by atoms with Crippen LogP contribution in [0.15, 0.2) is 52.3 Å². The molecule has 1 unspecified atom stereocenters. The molecule has 9 heteroatoms. The molecule has 23 heavy (non-hydrogen) atoms. The van der Waals surface area contributed by atoms with E-state index < -0.39 is 39.2 Å². The Kier molecular flexibility index (Phi) is 5.24. The SMILES string of the molecule is O=c1ccccn1CC(O)CNS(=O)(=O)c1cc(F)ccc1F. The molecule has 1 heterocycles. The number of aliphatic hydroxyl groups excluding tert-OH is 1. The normalized spacial score (nSPS) is 13.0. The van der Waals surface area contributed by atoms with E-state index in [-0.39, 0.29) is 12.1 Å². The number of aromatic nitrogens is 1. The van der Waals surface area contributed by atoms with Crippen molar-refractivity contribution in [2.75, 3.05) is 6.54 Å². The van der Waals surface area contributed by atoms with Gasteiger partial charge in [-0.3, -0.25) is 4.79 Å². The number of hydrogen-bond donors (Lipinski definition) is 2. The Labute approximate surface area is 131 Å². The Morgan fingerprint density at radius 2 is 1.96 bits per heavy atom. The predicted octanol–water partition coefficient (Wildman–Crippen LogP) is 0.466. The molecule has 0 amide bonds. The zero-order chi connectivity index (χ0) is 17.0. The lowest BCUT2D eigenvalue weighted by molar-refractivity contribution is 0.156. The van der Waals surface area contributed by atoms with E-state index in [1.807, 2.05) is 4.72 Å². The van der Waals surface area contributed by atoms with Crippen LogP contribution >= 0.6 is 0 Å². The van der Waals surface area contributed by atoms with Crippen molar-refractivity contribution >= 4 is 10.0 Å². The second-order valence-electron chi connectivity index (χ2n) is 4.77. The number of aliphatic hydroxyl groups is 1. The molecule has 124 valence electrons. The fourth-order valence-corrected chi connectivity index (χ4v) is 3.03. The van der Waals surface area contributed by atoms with Crippen molar-refractivity contribution in [2.45, 2.75) is 17.5 Å². The summed E-state index contributed by atoms with van der Waals surface area (Å²) in [6, 6.07) is 6.45. The number of pyridine rings is 1. The zero-order valence-corrected chi connectivity index (χ0v) is 12.6. The van der Waals surface area contributed by atoms with E-state index >= 15 is 0 Å². The molecule has 2 rings (SSSR count). The van der Waals surface area contributed by atoms with Gasteiger partial charge in [-0.15, -0.1) is 0 Å². The first-order chi connectivity index (χ1) is 10.8. The minimum absolute atomic E-state index is 0.145. The fourth-order valence-electron chi connectivity index (χ4n) is 1.87. The summed E-state index contributed by atoms with van der Waals surface area (Å²) in [5.41, 5.74) is -0.356. The molecule has 1 aromatic carbocycles. The van der Waals surface area contributed by atoms with Crippen molar-refractivity contribution in [2.24, 2.45) is 0 Å². The second kappa shape index (κ2) is 6.99. The molecule has 2 aromatic rings. The van der Waals surface area contributed by atoms with Gasteiger partial charge >= 0.3 is 0 Å². The van der Waals surface area contributed by atoms with E-state index in [2.05, 4.69) is 0 Å². The van der Waals surface area contributed by atoms with Gasteiger partial charge in [0.05, 0.1) is 12.6 Å². The van der Waals surface area contributed by atoms with Gasteiger partial charge in [-0.25, -0.2) is 21.9 Å². The van der Waals surface area contributed by atoms with Crippen LogP contribution in [0.2, 0.25) is 0 Å². The van der Waals surface area contributed by atoms with Crippen molar-refractivity contribution in [1.82, 2.24) is 9.29 Å². The summed E-state index contributed by atoms with van der Waals surface area (Å²) in [6.07, 6.45) is 0.216. The molecule has 0 saturated heterocycles. The topological polar surface area (TPSA) is 88.4 Å². The third-order valence-corrected chi connectivity index (χ3v) is 4.44. The number of sulfonamides is 1. The highest BCUT2D eigenvalue weighted by Crippen LogP contribution is 2.15. The highest BCUT2D eigenvalue weighted by atomic mass is 32.2. The summed E-state index contributed by atoms with van der Waals surface area (Å²) in [5.74, 6) is -2.00. The van der Waals surface area contributed by atoms with Gasteiger partial charge in [0.15, 0.2) is 0 Å². The number of benzene rings is 1. The summed E-state index contributed by atoms with van der Waals surface area (Å²) in [6.45, 7) is -0.604. The van der Waals surface area contributed by atoms with Crippen LogP contribution in [0.3, 0.4) is 0 Å². The lowest BCUT2D eigenvalue weighted by atomic mass is 10.3. The summed E-state index contributed by atoms with van der Waals surface area (Å²) in [4.78, 5) is 10.6. The van der Waals surface area contributed by atoms with Crippen LogP contribution in [0.25, 0.3) is 0 Å². The van der Waals surface area contributed by atoms with Crippen molar-refractivity contribution < 1.29 is 22.3 Å². The van der Waals surface area contributed by atoms with Crippen molar-refractivity contribution in [3.05, 3.63) is 64.6 Å². The minimum atomic E-state index is -4.32. The molecule has 0 spiro atoms. The summed E-state index contributed by atoms with van der Waals surface area (Å²) in [5, 5.41) is 9.81. The van der Waals surface area contributed by atoms with Gasteiger partial charge in [-0.2, -0.15) is 0 Å². The molecule has 0 saturated carbocycles. The van der Waals surface area contributed by atoms with Crippen LogP contribution < -0.4 is 10.3 Å². The molecule has 0 aliphatic rings. The smallest absolute Gasteiger partial charge is 0.250 e. The van der Waals surface area contributed by atoms with E-state index in [1.165, 1.54) is 22.9 Å². The number of halogens is 2. The fraction of sp³-hybridized carbons (Fsp3) is 0.214. The average molecular weight is 344 g/mol. The predicted molar refractivity (Wildman–Crippen MR) is 78.3 cm³/mol. The van der Waals surface area contributed by atoms with E-state index in [4.69, 9.17) is 0 Å². The molecule has 1 aromatic heterocycles. The summed E-state index contributed by atoms with van der Waals surface area (Å²) in [7, 11) is -4.32. The Morgan fingerprint density at radius 3 is 2.65 bits per heavy atom. The van der Waals surface area contributed by atoms with Gasteiger partial charge in [-0.1, -0.05) is 6.07 Å². The van der Waals surface area contributed by atoms with Crippen LogP contribution in [0.5, 0.6) is 0 Å². The van der Waals surface area contributed by atoms with Gasteiger partial charge in [0.25, 0.3) is 5.56 Å². The summed E-state index contributed by atoms with van der Waals surface area (Å²) >= 11 is 0. The molecule has 0 fully saturated rings. The number of nitrogens with one attached hydrogen (secondary N) is 1. The summed E-state index contributed by atoms with van der Waals surface area (Å²) < 4.78 is 53.6. The third-order valence-electron chi connectivity index (χ3n) is 3.00. The molecule has 0 radical (unpaired) electrons. The first-order valence-corrected chi connectivity index (χ1v) is 8.06. The molecule has 6 nitrogen and oxygen atoms in total. The maximum Gasteiger partial charge on any atom is 0.250 e. The molecule has 0 aliphatic heterocycles. The van der Waals surface area contributed by atoms with Crippen molar-refractivity contribution in [1.29, 1.82) is 0 Å². The monoisotopic (exact) mass is 344 g/mol. The Hall–Kier alpha value is -2.10. The molecule has 0 aliphatic carbocycles. The van der Waals surface area contributed by atoms with Crippen LogP contribution in [-0.4, -0.2) is 30.7 Å². The van der Waals surface area contributed by atoms with E-state index in [0.717, 1.165) is 6.07 Å². The minimum Gasteiger partial charge on any atom is -0.390 e. The quantitative estimate of drug-likeness (QED) is 0.797. The highest BCUT2D eigenvalue weighted by molar-refractivity contribution is 7.89. The lowest BCUT2D eigenvalue weighted by Gasteiger charge is -2.14. The molecule has 1 atom stereocenters. The van der Waals surface area contributed by atoms with E-state index in [0.29, 0.717) is 12.1 Å². The van der Waals surface area contributed by atoms with Crippen LogP contribution in [-0.2, 0) is 16.6 Å². The zero-order valence-electron chi connectivity index (χ0n) is 11.8. The second-order valence-corrected chi connectivity index (χ2v) is 6.51. The standard InChI is InChI=1S/C14H14F2N2O4S/c15-10-4-5-12(16)13(7-10)23(21,22)17-8-11(19)9-18-6-2-1-3-14(18)20/h1-7,11,17,19H,8-9H2. The van der Waals surface area contributed by atoms with Crippen LogP contribution in [0.4, 0.5) is 8.78 Å². The molecular formula is C14H14F2N2O4S. The van der Waals surface area contributed by atoms with Crippen LogP contribution in [0.1, 0.15) is 0 Å². The number of nitrogens with zero attached hydrogens (tertiary/aromatic N) is 1. The third kappa shape index (κ3) is 4.44. The molecule has 0 bridgehead atoms. The Morgan fingerprint density at radius 1 is 1.22 bits per heavy atom. The largest absolute Gasteiger partial charge is 0.390 e. The first-order valence-electron chi connectivity index (χ1n) is 6.58.